The molecule has 6 aromatic rings. The van der Waals surface area contributed by atoms with Crippen molar-refractivity contribution in [2.45, 2.75) is 0 Å². The Labute approximate surface area is 232 Å². The molecule has 3 heterocycles. The lowest BCUT2D eigenvalue weighted by atomic mass is 9.43. The summed E-state index contributed by atoms with van der Waals surface area (Å²) in [5.74, 6) is -1.43. The van der Waals surface area contributed by atoms with Gasteiger partial charge in [0, 0.05) is 8.67 Å². The van der Waals surface area contributed by atoms with E-state index in [4.69, 9.17) is 0 Å². The number of imidazole rings is 2. The SMILES string of the molecule is Cn1cc[n+]2c1[B@-](c1ccccc1)([SiH](c1ccccc1)c1ccccc1)[n+]1ccn(C)c1[B@H-]2c1ccccc1. The fraction of sp³-hybridized carbons (Fsp3) is 0.0625. The second kappa shape index (κ2) is 9.44. The first-order valence-corrected chi connectivity index (χ1v) is 15.7. The van der Waals surface area contributed by atoms with Crippen molar-refractivity contribution >= 4 is 54.1 Å². The maximum Gasteiger partial charge on any atom is 0.319 e. The molecule has 0 spiro atoms. The van der Waals surface area contributed by atoms with Crippen LogP contribution < -0.4 is 41.7 Å². The standard InChI is InChI=1S/C32H32B2N4Si/c1-35-24-26-38-31(35)33(27-15-7-3-8-16-27)37-25-23-36(2)32(37)34(38,28-17-9-4-10-18-28)39(29-19-11-5-12-20-29)30-21-13-6-14-22-30/h3-26,33,39H,1-2H3/t33-,34+/m1/s1. The second-order valence-electron chi connectivity index (χ2n) is 11.0. The number of fused-ring (bicyclic) bond motifs is 2. The third-order valence-electron chi connectivity index (χ3n) is 9.09. The Morgan fingerprint density at radius 3 is 1.72 bits per heavy atom. The summed E-state index contributed by atoms with van der Waals surface area (Å²) < 4.78 is 10.1. The van der Waals surface area contributed by atoms with Gasteiger partial charge in [-0.05, 0) is 0 Å². The van der Waals surface area contributed by atoms with Gasteiger partial charge in [-0.3, -0.25) is 9.13 Å². The van der Waals surface area contributed by atoms with E-state index in [0.717, 1.165) is 0 Å². The Morgan fingerprint density at radius 1 is 0.615 bits per heavy atom. The van der Waals surface area contributed by atoms with Crippen LogP contribution in [0.4, 0.5) is 0 Å². The fourth-order valence-electron chi connectivity index (χ4n) is 7.66. The molecule has 4 aromatic carbocycles. The highest BCUT2D eigenvalue weighted by molar-refractivity contribution is 7.48. The van der Waals surface area contributed by atoms with Crippen molar-refractivity contribution in [3.8, 4) is 0 Å². The minimum Gasteiger partial charge on any atom is -0.453 e. The number of aryl methyl sites for hydroxylation is 2. The zero-order chi connectivity index (χ0) is 26.4. The number of nitrogens with zero attached hydrogens (tertiary/aromatic N) is 4. The molecule has 0 bridgehead atoms. The van der Waals surface area contributed by atoms with E-state index in [2.05, 4.69) is 178 Å². The Morgan fingerprint density at radius 2 is 1.13 bits per heavy atom. The highest BCUT2D eigenvalue weighted by Gasteiger charge is 2.56. The molecular weight excluding hydrogens is 490 g/mol. The summed E-state index contributed by atoms with van der Waals surface area (Å²) in [6.07, 6.45) is 9.24. The molecule has 0 fully saturated rings. The van der Waals surface area contributed by atoms with Crippen LogP contribution >= 0.6 is 0 Å². The number of rotatable bonds is 5. The summed E-state index contributed by atoms with van der Waals surface area (Å²) >= 11 is 0. The van der Waals surface area contributed by atoms with E-state index in [1.807, 2.05) is 0 Å². The van der Waals surface area contributed by atoms with E-state index in [1.165, 1.54) is 32.7 Å². The number of hydrogen-bond acceptors (Lipinski definition) is 0. The smallest absolute Gasteiger partial charge is 0.319 e. The van der Waals surface area contributed by atoms with Crippen LogP contribution in [-0.2, 0) is 14.1 Å². The van der Waals surface area contributed by atoms with Crippen molar-refractivity contribution in [3.63, 3.8) is 0 Å². The highest BCUT2D eigenvalue weighted by atomic mass is 28.3. The van der Waals surface area contributed by atoms with Crippen LogP contribution in [0.15, 0.2) is 146 Å². The number of hydrogen-bond donors (Lipinski definition) is 0. The molecule has 1 aliphatic rings. The quantitative estimate of drug-likeness (QED) is 0.269. The number of aromatic nitrogens is 4. The zero-order valence-corrected chi connectivity index (χ0v) is 23.7. The van der Waals surface area contributed by atoms with Crippen LogP contribution in [0.2, 0.25) is 0 Å². The molecule has 0 aliphatic carbocycles. The van der Waals surface area contributed by atoms with Gasteiger partial charge >= 0.3 is 12.7 Å². The van der Waals surface area contributed by atoms with Crippen LogP contribution in [0.3, 0.4) is 0 Å². The molecule has 0 N–H and O–H groups in total. The van der Waals surface area contributed by atoms with Crippen molar-refractivity contribution in [3.05, 3.63) is 146 Å². The van der Waals surface area contributed by atoms with Crippen LogP contribution in [-0.4, -0.2) is 30.5 Å². The van der Waals surface area contributed by atoms with E-state index < -0.39 is 21.4 Å². The topological polar surface area (TPSA) is 17.6 Å². The first-order chi connectivity index (χ1) is 19.2. The first-order valence-electron chi connectivity index (χ1n) is 13.9. The molecule has 190 valence electrons. The van der Waals surface area contributed by atoms with Crippen LogP contribution in [0, 0.1) is 0 Å². The molecule has 2 atom stereocenters. The normalized spacial score (nSPS) is 18.1. The summed E-state index contributed by atoms with van der Waals surface area (Å²) in [7, 11) is 2.47. The predicted octanol–water partition coefficient (Wildman–Crippen LogP) is -0.634. The van der Waals surface area contributed by atoms with Crippen molar-refractivity contribution in [1.29, 1.82) is 0 Å². The Kier molecular flexibility index (Phi) is 5.74. The maximum absolute atomic E-state index is 2.72. The van der Waals surface area contributed by atoms with E-state index in [9.17, 15) is 0 Å². The molecule has 7 rings (SSSR count). The molecule has 39 heavy (non-hydrogen) atoms. The third-order valence-corrected chi connectivity index (χ3v) is 13.3. The lowest BCUT2D eigenvalue weighted by molar-refractivity contribution is -0.571. The van der Waals surface area contributed by atoms with Gasteiger partial charge in [-0.15, -0.1) is 0 Å². The molecule has 4 nitrogen and oxygen atoms in total. The summed E-state index contributed by atoms with van der Waals surface area (Å²) in [6.45, 7) is -1.07. The van der Waals surface area contributed by atoms with Gasteiger partial charge in [0.05, 0.1) is 37.9 Å². The van der Waals surface area contributed by atoms with Crippen LogP contribution in [0.25, 0.3) is 0 Å². The average molecular weight is 522 g/mol. The van der Waals surface area contributed by atoms with Crippen molar-refractivity contribution in [2.75, 3.05) is 0 Å². The second-order valence-corrected chi connectivity index (χ2v) is 14.3. The Bertz CT molecular complexity index is 1700. The predicted molar refractivity (Wildman–Crippen MR) is 166 cm³/mol. The van der Waals surface area contributed by atoms with Gasteiger partial charge in [0.25, 0.3) is 0 Å². The molecular formula is C32H32B2N4Si. The van der Waals surface area contributed by atoms with E-state index >= 15 is 0 Å². The Hall–Kier alpha value is -4.35. The largest absolute Gasteiger partial charge is 0.453 e. The molecule has 0 saturated heterocycles. The van der Waals surface area contributed by atoms with E-state index in [-0.39, 0.29) is 0 Å². The van der Waals surface area contributed by atoms with Gasteiger partial charge < -0.3 is 8.96 Å². The maximum atomic E-state index is 2.72. The highest BCUT2D eigenvalue weighted by Crippen LogP contribution is 2.11. The van der Waals surface area contributed by atoms with Gasteiger partial charge in [-0.25, -0.2) is 0 Å². The minimum absolute atomic E-state index is 1.07. The van der Waals surface area contributed by atoms with Gasteiger partial charge in [0.2, 0.25) is 0 Å². The summed E-state index contributed by atoms with van der Waals surface area (Å²) in [5.41, 5.74) is 5.55. The molecule has 1 aliphatic heterocycles. The summed E-state index contributed by atoms with van der Waals surface area (Å²) in [4.78, 5) is 0. The monoisotopic (exact) mass is 522 g/mol. The average Bonchev–Trinajstić information content (AvgIpc) is 3.58. The Balaban J connectivity index is 1.67. The van der Waals surface area contributed by atoms with Gasteiger partial charge in [0.1, 0.15) is 12.4 Å². The van der Waals surface area contributed by atoms with Crippen LogP contribution in [0.5, 0.6) is 0 Å². The van der Waals surface area contributed by atoms with Crippen molar-refractivity contribution < 1.29 is 8.96 Å². The number of benzene rings is 4. The lowest BCUT2D eigenvalue weighted by Crippen LogP contribution is -3.03. The zero-order valence-electron chi connectivity index (χ0n) is 22.5. The molecule has 0 amide bonds. The minimum atomic E-state index is -1.99. The van der Waals surface area contributed by atoms with Crippen molar-refractivity contribution in [1.82, 2.24) is 9.13 Å². The van der Waals surface area contributed by atoms with Gasteiger partial charge in [-0.1, -0.05) is 132 Å². The molecule has 0 saturated carbocycles. The molecule has 7 heteroatoms. The third kappa shape index (κ3) is 3.53. The van der Waals surface area contributed by atoms with E-state index in [0.29, 0.717) is 0 Å². The first kappa shape index (κ1) is 23.7. The van der Waals surface area contributed by atoms with Crippen molar-refractivity contribution in [2.24, 2.45) is 14.1 Å². The van der Waals surface area contributed by atoms with Gasteiger partial charge in [0.15, 0.2) is 0 Å². The molecule has 2 aromatic heterocycles. The summed E-state index contributed by atoms with van der Waals surface area (Å²) in [6, 6.07) is 45.0. The fourth-order valence-corrected chi connectivity index (χ4v) is 12.4. The lowest BCUT2D eigenvalue weighted by Gasteiger charge is -2.49. The molecule has 0 unspecified atom stereocenters. The van der Waals surface area contributed by atoms with E-state index in [1.54, 1.807) is 0 Å². The van der Waals surface area contributed by atoms with Crippen LogP contribution in [0.1, 0.15) is 0 Å². The van der Waals surface area contributed by atoms with Gasteiger partial charge in [-0.2, -0.15) is 10.9 Å². The summed E-state index contributed by atoms with van der Waals surface area (Å²) in [5, 5.41) is 2.91. The molecule has 0 radical (unpaired) electrons.